The van der Waals surface area contributed by atoms with Crippen molar-refractivity contribution in [3.63, 3.8) is 0 Å². The van der Waals surface area contributed by atoms with Crippen LogP contribution in [0.4, 0.5) is 0 Å². The molecule has 0 radical (unpaired) electrons. The zero-order chi connectivity index (χ0) is 17.8. The lowest BCUT2D eigenvalue weighted by atomic mass is 9.91. The summed E-state index contributed by atoms with van der Waals surface area (Å²) in [5.41, 5.74) is 3.52. The van der Waals surface area contributed by atoms with Crippen molar-refractivity contribution >= 4 is 5.91 Å². The summed E-state index contributed by atoms with van der Waals surface area (Å²) in [7, 11) is 0. The number of rotatable bonds is 6. The van der Waals surface area contributed by atoms with Gasteiger partial charge in [-0.3, -0.25) is 9.69 Å². The second-order valence-electron chi connectivity index (χ2n) is 7.51. The Labute approximate surface area is 154 Å². The third-order valence-electron chi connectivity index (χ3n) is 5.54. The Balaban J connectivity index is 1.31. The summed E-state index contributed by atoms with van der Waals surface area (Å²) in [5.74, 6) is 1.16. The van der Waals surface area contributed by atoms with E-state index in [0.717, 1.165) is 56.8 Å². The second-order valence-corrected chi connectivity index (χ2v) is 7.51. The van der Waals surface area contributed by atoms with E-state index in [1.165, 1.54) is 24.0 Å². The van der Waals surface area contributed by atoms with Crippen LogP contribution < -0.4 is 5.32 Å². The minimum Gasteiger partial charge on any atom is -0.361 e. The number of nitrogens with one attached hydrogen (secondary N) is 1. The monoisotopic (exact) mass is 353 g/mol. The molecule has 1 unspecified atom stereocenters. The van der Waals surface area contributed by atoms with Gasteiger partial charge >= 0.3 is 0 Å². The van der Waals surface area contributed by atoms with Crippen LogP contribution >= 0.6 is 0 Å². The highest BCUT2D eigenvalue weighted by molar-refractivity contribution is 5.76. The lowest BCUT2D eigenvalue weighted by molar-refractivity contribution is -0.121. The van der Waals surface area contributed by atoms with Crippen LogP contribution in [0.3, 0.4) is 0 Å². The molecule has 1 amide bonds. The van der Waals surface area contributed by atoms with Crippen LogP contribution in [0, 0.1) is 0 Å². The van der Waals surface area contributed by atoms with E-state index in [4.69, 9.17) is 4.52 Å². The fourth-order valence-electron chi connectivity index (χ4n) is 4.07. The summed E-state index contributed by atoms with van der Waals surface area (Å²) < 4.78 is 5.57. The van der Waals surface area contributed by atoms with E-state index in [1.54, 1.807) is 0 Å². The molecule has 1 aromatic carbocycles. The van der Waals surface area contributed by atoms with Gasteiger partial charge in [-0.05, 0) is 50.8 Å². The molecule has 26 heavy (non-hydrogen) atoms. The van der Waals surface area contributed by atoms with Crippen molar-refractivity contribution in [3.8, 4) is 0 Å². The van der Waals surface area contributed by atoms with Gasteiger partial charge < -0.3 is 9.84 Å². The first-order valence-electron chi connectivity index (χ1n) is 9.80. The number of likely N-dealkylation sites (tertiary alicyclic amines) is 1. The summed E-state index contributed by atoms with van der Waals surface area (Å²) in [5, 5.41) is 7.54. The number of hydrogen-bond acceptors (Lipinski definition) is 4. The van der Waals surface area contributed by atoms with Crippen LogP contribution in [0.2, 0.25) is 0 Å². The highest BCUT2D eigenvalue weighted by Gasteiger charge is 2.27. The highest BCUT2D eigenvalue weighted by Crippen LogP contribution is 2.26. The standard InChI is InChI=1S/C21H27N3O2/c25-21(11-8-16-6-2-1-3-7-16)22-17-9-10-20-18(14-17)19(23-26-20)15-24-12-4-5-13-24/h1-3,6-7,17H,4-5,8-15H2,(H,22,25). The Bertz CT molecular complexity index is 735. The van der Waals surface area contributed by atoms with Gasteiger partial charge in [-0.2, -0.15) is 0 Å². The van der Waals surface area contributed by atoms with Gasteiger partial charge in [0.25, 0.3) is 0 Å². The maximum Gasteiger partial charge on any atom is 0.220 e. The van der Waals surface area contributed by atoms with Crippen molar-refractivity contribution in [3.05, 3.63) is 52.9 Å². The molecule has 1 aliphatic carbocycles. The maximum atomic E-state index is 12.3. The minimum absolute atomic E-state index is 0.139. The van der Waals surface area contributed by atoms with E-state index in [1.807, 2.05) is 18.2 Å². The van der Waals surface area contributed by atoms with E-state index >= 15 is 0 Å². The number of aromatic nitrogens is 1. The number of benzene rings is 1. The van der Waals surface area contributed by atoms with E-state index in [-0.39, 0.29) is 11.9 Å². The van der Waals surface area contributed by atoms with Gasteiger partial charge in [0.15, 0.2) is 0 Å². The Morgan fingerprint density at radius 3 is 2.85 bits per heavy atom. The number of carbonyl (C=O) groups excluding carboxylic acids is 1. The number of hydrogen-bond donors (Lipinski definition) is 1. The molecule has 5 nitrogen and oxygen atoms in total. The van der Waals surface area contributed by atoms with Crippen molar-refractivity contribution in [1.82, 2.24) is 15.4 Å². The average molecular weight is 353 g/mol. The van der Waals surface area contributed by atoms with E-state index in [9.17, 15) is 4.79 Å². The minimum atomic E-state index is 0.139. The lowest BCUT2D eigenvalue weighted by Gasteiger charge is -2.23. The molecule has 1 aliphatic heterocycles. The van der Waals surface area contributed by atoms with Crippen LogP contribution in [0.5, 0.6) is 0 Å². The Hall–Kier alpha value is -2.14. The number of fused-ring (bicyclic) bond motifs is 1. The summed E-state index contributed by atoms with van der Waals surface area (Å²) in [6, 6.07) is 10.4. The zero-order valence-corrected chi connectivity index (χ0v) is 15.2. The molecular weight excluding hydrogens is 326 g/mol. The second kappa shape index (κ2) is 8.04. The molecule has 138 valence electrons. The number of aryl methyl sites for hydroxylation is 2. The van der Waals surface area contributed by atoms with Crippen LogP contribution in [0.25, 0.3) is 0 Å². The average Bonchev–Trinajstić information content (AvgIpc) is 3.32. The molecule has 4 rings (SSSR count). The van der Waals surface area contributed by atoms with Gasteiger partial charge in [0, 0.05) is 31.0 Å². The van der Waals surface area contributed by atoms with Crippen molar-refractivity contribution < 1.29 is 9.32 Å². The smallest absolute Gasteiger partial charge is 0.220 e. The summed E-state index contributed by atoms with van der Waals surface area (Å²) in [4.78, 5) is 14.8. The van der Waals surface area contributed by atoms with Gasteiger partial charge in [-0.15, -0.1) is 0 Å². The predicted molar refractivity (Wildman–Crippen MR) is 99.7 cm³/mol. The maximum absolute atomic E-state index is 12.3. The van der Waals surface area contributed by atoms with Gasteiger partial charge in [0.05, 0.1) is 0 Å². The SMILES string of the molecule is O=C(CCc1ccccc1)NC1CCc2onc(CN3CCCC3)c2C1. The molecule has 0 bridgehead atoms. The van der Waals surface area contributed by atoms with E-state index < -0.39 is 0 Å². The summed E-state index contributed by atoms with van der Waals surface area (Å²) in [6.07, 6.45) is 6.53. The first kappa shape index (κ1) is 17.3. The first-order chi connectivity index (χ1) is 12.8. The molecule has 1 atom stereocenters. The van der Waals surface area contributed by atoms with Crippen molar-refractivity contribution in [2.24, 2.45) is 0 Å². The Morgan fingerprint density at radius 2 is 2.04 bits per heavy atom. The largest absolute Gasteiger partial charge is 0.361 e. The predicted octanol–water partition coefficient (Wildman–Crippen LogP) is 2.88. The van der Waals surface area contributed by atoms with E-state index in [2.05, 4.69) is 27.5 Å². The van der Waals surface area contributed by atoms with Crippen LogP contribution in [-0.4, -0.2) is 35.1 Å². The number of amides is 1. The molecule has 2 aromatic rings. The third-order valence-corrected chi connectivity index (χ3v) is 5.54. The highest BCUT2D eigenvalue weighted by atomic mass is 16.5. The number of nitrogens with zero attached hydrogens (tertiary/aromatic N) is 2. The molecule has 1 fully saturated rings. The van der Waals surface area contributed by atoms with Crippen molar-refractivity contribution in [2.45, 2.75) is 57.5 Å². The Kier molecular flexibility index (Phi) is 5.34. The van der Waals surface area contributed by atoms with Crippen molar-refractivity contribution in [2.75, 3.05) is 13.1 Å². The fraction of sp³-hybridized carbons (Fsp3) is 0.524. The molecule has 2 aliphatic rings. The van der Waals surface area contributed by atoms with Crippen LogP contribution in [0.1, 0.15) is 48.3 Å². The molecule has 0 spiro atoms. The molecule has 1 N–H and O–H groups in total. The summed E-state index contributed by atoms with van der Waals surface area (Å²) in [6.45, 7) is 3.19. The molecule has 5 heteroatoms. The third kappa shape index (κ3) is 4.15. The topological polar surface area (TPSA) is 58.4 Å². The molecule has 1 aromatic heterocycles. The summed E-state index contributed by atoms with van der Waals surface area (Å²) >= 11 is 0. The molecular formula is C21H27N3O2. The Morgan fingerprint density at radius 1 is 1.23 bits per heavy atom. The van der Waals surface area contributed by atoms with Crippen LogP contribution in [0.15, 0.2) is 34.9 Å². The van der Waals surface area contributed by atoms with Gasteiger partial charge in [-0.25, -0.2) is 0 Å². The van der Waals surface area contributed by atoms with Gasteiger partial charge in [0.2, 0.25) is 5.91 Å². The van der Waals surface area contributed by atoms with Gasteiger partial charge in [-0.1, -0.05) is 35.5 Å². The normalized spacial score (nSPS) is 20.1. The van der Waals surface area contributed by atoms with Crippen LogP contribution in [-0.2, 0) is 30.6 Å². The quantitative estimate of drug-likeness (QED) is 0.868. The van der Waals surface area contributed by atoms with Crippen molar-refractivity contribution in [1.29, 1.82) is 0 Å². The van der Waals surface area contributed by atoms with E-state index in [0.29, 0.717) is 6.42 Å². The molecule has 0 saturated carbocycles. The van der Waals surface area contributed by atoms with Gasteiger partial charge in [0.1, 0.15) is 11.5 Å². The number of carbonyl (C=O) groups is 1. The fourth-order valence-corrected chi connectivity index (χ4v) is 4.07. The molecule has 1 saturated heterocycles. The molecule has 2 heterocycles. The zero-order valence-electron chi connectivity index (χ0n) is 15.2. The lowest BCUT2D eigenvalue weighted by Crippen LogP contribution is -2.39. The first-order valence-corrected chi connectivity index (χ1v) is 9.80.